The van der Waals surface area contributed by atoms with Crippen LogP contribution >= 0.6 is 0 Å². The van der Waals surface area contributed by atoms with Crippen LogP contribution in [0.3, 0.4) is 0 Å². The van der Waals surface area contributed by atoms with Gasteiger partial charge < -0.3 is 9.64 Å². The second-order valence-corrected chi connectivity index (χ2v) is 5.07. The van der Waals surface area contributed by atoms with Gasteiger partial charge in [0.25, 0.3) is 0 Å². The minimum atomic E-state index is -0.0426. The zero-order valence-electron chi connectivity index (χ0n) is 13.1. The molecule has 0 saturated heterocycles. The third kappa shape index (κ3) is 4.19. The quantitative estimate of drug-likeness (QED) is 0.796. The van der Waals surface area contributed by atoms with E-state index < -0.39 is 0 Å². The van der Waals surface area contributed by atoms with Gasteiger partial charge in [0.15, 0.2) is 0 Å². The van der Waals surface area contributed by atoms with E-state index in [0.29, 0.717) is 6.54 Å². The highest BCUT2D eigenvalue weighted by Crippen LogP contribution is 2.18. The van der Waals surface area contributed by atoms with Crippen molar-refractivity contribution in [2.24, 2.45) is 0 Å². The lowest BCUT2D eigenvalue weighted by atomic mass is 10.1. The van der Waals surface area contributed by atoms with Crippen molar-refractivity contribution in [3.63, 3.8) is 0 Å². The van der Waals surface area contributed by atoms with E-state index in [4.69, 9.17) is 4.74 Å². The van der Waals surface area contributed by atoms with Crippen LogP contribution in [0.5, 0.6) is 5.75 Å². The van der Waals surface area contributed by atoms with Crippen molar-refractivity contribution in [3.8, 4) is 5.75 Å². The number of aromatic nitrogens is 1. The summed E-state index contributed by atoms with van der Waals surface area (Å²) in [4.78, 5) is 18.1. The van der Waals surface area contributed by atoms with Crippen LogP contribution < -0.4 is 4.74 Å². The van der Waals surface area contributed by atoms with E-state index in [9.17, 15) is 4.79 Å². The fourth-order valence-electron chi connectivity index (χ4n) is 2.05. The molecule has 0 aliphatic carbocycles. The first-order valence-corrected chi connectivity index (χ1v) is 7.08. The zero-order valence-corrected chi connectivity index (χ0v) is 13.1. The molecule has 114 valence electrons. The molecule has 0 spiro atoms. The lowest BCUT2D eigenvalue weighted by Gasteiger charge is -2.15. The number of carbonyl (C=O) groups is 1. The molecule has 0 aliphatic heterocycles. The summed E-state index contributed by atoms with van der Waals surface area (Å²) in [5, 5.41) is 0. The smallest absolute Gasteiger partial charge is 0.246 e. The number of likely N-dealkylation sites (N-methyl/N-ethyl adjacent to an activating group) is 1. The summed E-state index contributed by atoms with van der Waals surface area (Å²) >= 11 is 0. The summed E-state index contributed by atoms with van der Waals surface area (Å²) in [6.45, 7) is 2.42. The molecule has 2 aromatic rings. The van der Waals surface area contributed by atoms with Crippen LogP contribution in [0.2, 0.25) is 0 Å². The van der Waals surface area contributed by atoms with E-state index in [2.05, 4.69) is 4.98 Å². The monoisotopic (exact) mass is 296 g/mol. The number of methoxy groups -OCH3 is 1. The maximum atomic E-state index is 12.3. The number of ether oxygens (including phenoxy) is 1. The lowest BCUT2D eigenvalue weighted by molar-refractivity contribution is -0.125. The molecule has 0 N–H and O–H groups in total. The largest absolute Gasteiger partial charge is 0.497 e. The molecule has 0 unspecified atom stereocenters. The standard InChI is InChI=1S/C18H20N2O2/c1-14(15-7-9-17(22-3)10-8-15)12-18(21)20(2)13-16-6-4-5-11-19-16/h4-12H,13H2,1-3H3/b14-12+. The van der Waals surface area contributed by atoms with Gasteiger partial charge in [-0.2, -0.15) is 0 Å². The van der Waals surface area contributed by atoms with Gasteiger partial charge >= 0.3 is 0 Å². The molecule has 1 amide bonds. The van der Waals surface area contributed by atoms with Gasteiger partial charge in [-0.3, -0.25) is 9.78 Å². The molecule has 0 saturated carbocycles. The van der Waals surface area contributed by atoms with E-state index in [-0.39, 0.29) is 5.91 Å². The van der Waals surface area contributed by atoms with Crippen LogP contribution in [0.15, 0.2) is 54.7 Å². The van der Waals surface area contributed by atoms with Crippen molar-refractivity contribution in [2.45, 2.75) is 13.5 Å². The maximum absolute atomic E-state index is 12.3. The highest BCUT2D eigenvalue weighted by Gasteiger charge is 2.08. The molecule has 0 bridgehead atoms. The molecular formula is C18H20N2O2. The molecule has 2 rings (SSSR count). The van der Waals surface area contributed by atoms with Crippen LogP contribution in [-0.2, 0) is 11.3 Å². The van der Waals surface area contributed by atoms with Crippen molar-refractivity contribution in [1.82, 2.24) is 9.88 Å². The number of nitrogens with zero attached hydrogens (tertiary/aromatic N) is 2. The Labute approximate surface area is 131 Å². The second-order valence-electron chi connectivity index (χ2n) is 5.07. The van der Waals surface area contributed by atoms with Crippen LogP contribution in [0.1, 0.15) is 18.2 Å². The van der Waals surface area contributed by atoms with Crippen LogP contribution in [-0.4, -0.2) is 29.9 Å². The number of allylic oxidation sites excluding steroid dienone is 1. The van der Waals surface area contributed by atoms with Crippen LogP contribution in [0, 0.1) is 0 Å². The van der Waals surface area contributed by atoms with Crippen molar-refractivity contribution >= 4 is 11.5 Å². The minimum Gasteiger partial charge on any atom is -0.497 e. The molecule has 1 heterocycles. The molecule has 22 heavy (non-hydrogen) atoms. The summed E-state index contributed by atoms with van der Waals surface area (Å²) < 4.78 is 5.13. The molecular weight excluding hydrogens is 276 g/mol. The first-order chi connectivity index (χ1) is 10.6. The normalized spacial score (nSPS) is 11.1. The number of benzene rings is 1. The first kappa shape index (κ1) is 15.8. The molecule has 1 aromatic heterocycles. The van der Waals surface area contributed by atoms with Gasteiger partial charge in [0.1, 0.15) is 5.75 Å². The molecule has 0 atom stereocenters. The Bertz CT molecular complexity index is 649. The number of pyridine rings is 1. The Hall–Kier alpha value is -2.62. The van der Waals surface area contributed by atoms with Crippen LogP contribution in [0.4, 0.5) is 0 Å². The lowest BCUT2D eigenvalue weighted by Crippen LogP contribution is -2.24. The number of hydrogen-bond acceptors (Lipinski definition) is 3. The van der Waals surface area contributed by atoms with Crippen LogP contribution in [0.25, 0.3) is 5.57 Å². The molecule has 1 aromatic carbocycles. The minimum absolute atomic E-state index is 0.0426. The fourth-order valence-corrected chi connectivity index (χ4v) is 2.05. The Morgan fingerprint density at radius 1 is 1.23 bits per heavy atom. The van der Waals surface area contributed by atoms with E-state index >= 15 is 0 Å². The average Bonchev–Trinajstić information content (AvgIpc) is 2.55. The number of carbonyl (C=O) groups excluding carboxylic acids is 1. The number of amides is 1. The third-order valence-electron chi connectivity index (χ3n) is 3.39. The van der Waals surface area contributed by atoms with Gasteiger partial charge in [0.05, 0.1) is 19.3 Å². The summed E-state index contributed by atoms with van der Waals surface area (Å²) in [6.07, 6.45) is 3.37. The Morgan fingerprint density at radius 3 is 2.55 bits per heavy atom. The van der Waals surface area contributed by atoms with Gasteiger partial charge in [-0.1, -0.05) is 18.2 Å². The van der Waals surface area contributed by atoms with Gasteiger partial charge in [0, 0.05) is 19.3 Å². The number of rotatable bonds is 5. The Kier molecular flexibility index (Phi) is 5.31. The summed E-state index contributed by atoms with van der Waals surface area (Å²) in [6, 6.07) is 13.3. The highest BCUT2D eigenvalue weighted by atomic mass is 16.5. The van der Waals surface area contributed by atoms with Crippen molar-refractivity contribution < 1.29 is 9.53 Å². The average molecular weight is 296 g/mol. The van der Waals surface area contributed by atoms with Gasteiger partial charge in [0.2, 0.25) is 5.91 Å². The highest BCUT2D eigenvalue weighted by molar-refractivity contribution is 5.94. The molecule has 4 heteroatoms. The van der Waals surface area contributed by atoms with E-state index in [0.717, 1.165) is 22.6 Å². The maximum Gasteiger partial charge on any atom is 0.246 e. The Balaban J connectivity index is 2.04. The Morgan fingerprint density at radius 2 is 1.95 bits per heavy atom. The van der Waals surface area contributed by atoms with E-state index in [1.165, 1.54) is 0 Å². The fraction of sp³-hybridized carbons (Fsp3) is 0.222. The van der Waals surface area contributed by atoms with Gasteiger partial charge in [-0.15, -0.1) is 0 Å². The van der Waals surface area contributed by atoms with E-state index in [1.807, 2.05) is 49.4 Å². The van der Waals surface area contributed by atoms with Crippen molar-refractivity contribution in [1.29, 1.82) is 0 Å². The second kappa shape index (κ2) is 7.41. The number of hydrogen-bond donors (Lipinski definition) is 0. The van der Waals surface area contributed by atoms with E-state index in [1.54, 1.807) is 31.3 Å². The summed E-state index contributed by atoms with van der Waals surface area (Å²) in [5.74, 6) is 0.758. The van der Waals surface area contributed by atoms with Gasteiger partial charge in [-0.05, 0) is 42.3 Å². The zero-order chi connectivity index (χ0) is 15.9. The SMILES string of the molecule is COc1ccc(/C(C)=C/C(=O)N(C)Cc2ccccn2)cc1. The predicted octanol–water partition coefficient (Wildman–Crippen LogP) is 3.15. The molecule has 0 aliphatic rings. The summed E-state index contributed by atoms with van der Waals surface area (Å²) in [5.41, 5.74) is 2.79. The molecule has 0 radical (unpaired) electrons. The van der Waals surface area contributed by atoms with Crippen molar-refractivity contribution in [3.05, 3.63) is 66.0 Å². The predicted molar refractivity (Wildman–Crippen MR) is 87.4 cm³/mol. The van der Waals surface area contributed by atoms with Gasteiger partial charge in [-0.25, -0.2) is 0 Å². The third-order valence-corrected chi connectivity index (χ3v) is 3.39. The summed E-state index contributed by atoms with van der Waals surface area (Å²) in [7, 11) is 3.41. The molecule has 0 fully saturated rings. The topological polar surface area (TPSA) is 42.4 Å². The first-order valence-electron chi connectivity index (χ1n) is 7.08. The van der Waals surface area contributed by atoms with Crippen molar-refractivity contribution in [2.75, 3.05) is 14.2 Å². The molecule has 4 nitrogen and oxygen atoms in total.